The van der Waals surface area contributed by atoms with Crippen molar-refractivity contribution in [1.82, 2.24) is 10.2 Å². The van der Waals surface area contributed by atoms with Crippen LogP contribution in [0.25, 0.3) is 0 Å². The van der Waals surface area contributed by atoms with Gasteiger partial charge in [-0.1, -0.05) is 50.2 Å². The average Bonchev–Trinajstić information content (AvgIpc) is 2.71. The van der Waals surface area contributed by atoms with E-state index in [1.165, 1.54) is 0 Å². The number of benzene rings is 2. The third-order valence-electron chi connectivity index (χ3n) is 4.19. The van der Waals surface area contributed by atoms with Gasteiger partial charge in [0.2, 0.25) is 0 Å². The number of methoxy groups -OCH3 is 1. The fraction of sp³-hybridized carbons (Fsp3) is 0.409. The van der Waals surface area contributed by atoms with Gasteiger partial charge in [-0.15, -0.1) is 0 Å². The Hall–Kier alpha value is -2.73. The number of carbonyl (C=O) groups excluding carboxylic acids is 1. The minimum Gasteiger partial charge on any atom is -0.493 e. The minimum atomic E-state index is -0.109. The lowest BCUT2D eigenvalue weighted by Gasteiger charge is -2.23. The Bertz CT molecular complexity index is 735. The maximum atomic E-state index is 12.4. The molecule has 152 valence electrons. The van der Waals surface area contributed by atoms with Crippen molar-refractivity contribution in [2.45, 2.75) is 27.0 Å². The van der Waals surface area contributed by atoms with E-state index >= 15 is 0 Å². The molecule has 2 rings (SSSR count). The van der Waals surface area contributed by atoms with Gasteiger partial charge in [-0.3, -0.25) is 0 Å². The number of amides is 2. The topological polar surface area (TPSA) is 76.8 Å². The molecule has 0 aliphatic rings. The van der Waals surface area contributed by atoms with Gasteiger partial charge in [0.05, 0.1) is 7.11 Å². The zero-order valence-electron chi connectivity index (χ0n) is 17.0. The number of nitrogens with two attached hydrogens (primary N) is 1. The molecule has 0 spiro atoms. The Balaban J connectivity index is 2.04. The van der Waals surface area contributed by atoms with E-state index in [4.69, 9.17) is 15.2 Å². The molecule has 0 saturated heterocycles. The van der Waals surface area contributed by atoms with Crippen LogP contribution in [-0.2, 0) is 13.2 Å². The van der Waals surface area contributed by atoms with E-state index in [-0.39, 0.29) is 6.03 Å². The second-order valence-electron chi connectivity index (χ2n) is 7.05. The lowest BCUT2D eigenvalue weighted by atomic mass is 10.2. The van der Waals surface area contributed by atoms with Crippen molar-refractivity contribution in [3.8, 4) is 11.5 Å². The fourth-order valence-corrected chi connectivity index (χ4v) is 2.70. The Labute approximate surface area is 167 Å². The van der Waals surface area contributed by atoms with Gasteiger partial charge in [0.15, 0.2) is 11.5 Å². The van der Waals surface area contributed by atoms with E-state index in [0.29, 0.717) is 50.2 Å². The highest BCUT2D eigenvalue weighted by atomic mass is 16.5. The van der Waals surface area contributed by atoms with E-state index in [1.807, 2.05) is 48.5 Å². The first-order valence-corrected chi connectivity index (χ1v) is 9.60. The van der Waals surface area contributed by atoms with Crippen molar-refractivity contribution >= 4 is 6.03 Å². The van der Waals surface area contributed by atoms with Crippen LogP contribution in [0.3, 0.4) is 0 Å². The molecule has 2 aromatic carbocycles. The highest BCUT2D eigenvalue weighted by Gasteiger charge is 2.15. The van der Waals surface area contributed by atoms with E-state index in [0.717, 1.165) is 11.1 Å². The minimum absolute atomic E-state index is 0.109. The standard InChI is InChI=1S/C22H31N3O3/c1-17(2)14-24-22(26)25(12-11-23)15-19-9-10-20(21(13-19)27-3)28-16-18-7-5-4-6-8-18/h4-10,13,17H,11-12,14-16,23H2,1-3H3,(H,24,26). The number of rotatable bonds is 10. The predicted molar refractivity (Wildman–Crippen MR) is 111 cm³/mol. The first-order valence-electron chi connectivity index (χ1n) is 9.60. The number of nitrogens with one attached hydrogen (secondary N) is 1. The maximum Gasteiger partial charge on any atom is 0.317 e. The molecule has 0 fully saturated rings. The summed E-state index contributed by atoms with van der Waals surface area (Å²) >= 11 is 0. The summed E-state index contributed by atoms with van der Waals surface area (Å²) in [6.45, 7) is 6.57. The first kappa shape index (κ1) is 21.6. The molecule has 2 aromatic rings. The fourth-order valence-electron chi connectivity index (χ4n) is 2.70. The van der Waals surface area contributed by atoms with E-state index in [9.17, 15) is 4.79 Å². The molecular weight excluding hydrogens is 354 g/mol. The molecule has 0 bridgehead atoms. The molecule has 0 aliphatic carbocycles. The Morgan fingerprint density at radius 1 is 1.11 bits per heavy atom. The zero-order chi connectivity index (χ0) is 20.4. The summed E-state index contributed by atoms with van der Waals surface area (Å²) in [5.74, 6) is 1.71. The quantitative estimate of drug-likeness (QED) is 0.657. The van der Waals surface area contributed by atoms with Gasteiger partial charge in [0.1, 0.15) is 6.61 Å². The highest BCUT2D eigenvalue weighted by molar-refractivity contribution is 5.74. The summed E-state index contributed by atoms with van der Waals surface area (Å²) < 4.78 is 11.4. The number of hydrogen-bond donors (Lipinski definition) is 2. The molecule has 0 radical (unpaired) electrons. The number of hydrogen-bond acceptors (Lipinski definition) is 4. The van der Waals surface area contributed by atoms with E-state index in [1.54, 1.807) is 12.0 Å². The zero-order valence-corrected chi connectivity index (χ0v) is 17.0. The molecule has 28 heavy (non-hydrogen) atoms. The van der Waals surface area contributed by atoms with Gasteiger partial charge in [-0.2, -0.15) is 0 Å². The van der Waals surface area contributed by atoms with E-state index in [2.05, 4.69) is 19.2 Å². The Morgan fingerprint density at radius 3 is 2.50 bits per heavy atom. The Kier molecular flexibility index (Phi) is 8.62. The SMILES string of the molecule is COc1cc(CN(CCN)C(=O)NCC(C)C)ccc1OCc1ccccc1. The molecule has 0 aliphatic heterocycles. The van der Waals surface area contributed by atoms with Crippen LogP contribution >= 0.6 is 0 Å². The smallest absolute Gasteiger partial charge is 0.317 e. The van der Waals surface area contributed by atoms with Crippen molar-refractivity contribution in [1.29, 1.82) is 0 Å². The molecule has 0 atom stereocenters. The lowest BCUT2D eigenvalue weighted by molar-refractivity contribution is 0.195. The van der Waals surface area contributed by atoms with Crippen LogP contribution in [0, 0.1) is 5.92 Å². The largest absolute Gasteiger partial charge is 0.493 e. The number of urea groups is 1. The summed E-state index contributed by atoms with van der Waals surface area (Å²) in [6.07, 6.45) is 0. The molecule has 2 amide bonds. The molecule has 0 saturated carbocycles. The van der Waals surface area contributed by atoms with Crippen molar-refractivity contribution in [3.05, 3.63) is 59.7 Å². The predicted octanol–water partition coefficient (Wildman–Crippen LogP) is 3.40. The van der Waals surface area contributed by atoms with Crippen LogP contribution < -0.4 is 20.5 Å². The van der Waals surface area contributed by atoms with Crippen LogP contribution in [0.5, 0.6) is 11.5 Å². The van der Waals surface area contributed by atoms with Gasteiger partial charge in [0, 0.05) is 26.2 Å². The number of nitrogens with zero attached hydrogens (tertiary/aromatic N) is 1. The molecule has 0 unspecified atom stereocenters. The monoisotopic (exact) mass is 385 g/mol. The van der Waals surface area contributed by atoms with Crippen molar-refractivity contribution in [2.75, 3.05) is 26.7 Å². The number of ether oxygens (including phenoxy) is 2. The Morgan fingerprint density at radius 2 is 1.86 bits per heavy atom. The second-order valence-corrected chi connectivity index (χ2v) is 7.05. The lowest BCUT2D eigenvalue weighted by Crippen LogP contribution is -2.43. The van der Waals surface area contributed by atoms with Gasteiger partial charge in [-0.05, 0) is 29.2 Å². The van der Waals surface area contributed by atoms with Gasteiger partial charge in [0.25, 0.3) is 0 Å². The summed E-state index contributed by atoms with van der Waals surface area (Å²) in [6, 6.07) is 15.6. The molecule has 0 heterocycles. The van der Waals surface area contributed by atoms with Gasteiger partial charge in [-0.25, -0.2) is 4.79 Å². The summed E-state index contributed by atoms with van der Waals surface area (Å²) in [7, 11) is 1.61. The summed E-state index contributed by atoms with van der Waals surface area (Å²) in [5.41, 5.74) is 7.73. The molecule has 6 nitrogen and oxygen atoms in total. The maximum absolute atomic E-state index is 12.4. The summed E-state index contributed by atoms with van der Waals surface area (Å²) in [4.78, 5) is 14.1. The third-order valence-corrected chi connectivity index (χ3v) is 4.19. The molecule has 0 aromatic heterocycles. The van der Waals surface area contributed by atoms with Crippen LogP contribution in [0.4, 0.5) is 4.79 Å². The third kappa shape index (κ3) is 6.78. The first-order chi connectivity index (χ1) is 13.5. The number of carbonyl (C=O) groups is 1. The molecular formula is C22H31N3O3. The van der Waals surface area contributed by atoms with Gasteiger partial charge >= 0.3 is 6.03 Å². The van der Waals surface area contributed by atoms with Crippen LogP contribution in [-0.4, -0.2) is 37.7 Å². The van der Waals surface area contributed by atoms with Crippen LogP contribution in [0.1, 0.15) is 25.0 Å². The van der Waals surface area contributed by atoms with Crippen molar-refractivity contribution in [3.63, 3.8) is 0 Å². The van der Waals surface area contributed by atoms with Gasteiger partial charge < -0.3 is 25.4 Å². The molecule has 6 heteroatoms. The normalized spacial score (nSPS) is 10.6. The second kappa shape index (κ2) is 11.2. The van der Waals surface area contributed by atoms with Crippen molar-refractivity contribution in [2.24, 2.45) is 11.7 Å². The van der Waals surface area contributed by atoms with Crippen LogP contribution in [0.15, 0.2) is 48.5 Å². The van der Waals surface area contributed by atoms with E-state index < -0.39 is 0 Å². The van der Waals surface area contributed by atoms with Crippen molar-refractivity contribution < 1.29 is 14.3 Å². The average molecular weight is 386 g/mol. The highest BCUT2D eigenvalue weighted by Crippen LogP contribution is 2.29. The molecule has 3 N–H and O–H groups in total. The van der Waals surface area contributed by atoms with Crippen LogP contribution in [0.2, 0.25) is 0 Å². The summed E-state index contributed by atoms with van der Waals surface area (Å²) in [5, 5.41) is 2.94.